The lowest BCUT2D eigenvalue weighted by Crippen LogP contribution is -2.17. The van der Waals surface area contributed by atoms with Gasteiger partial charge in [0.2, 0.25) is 5.95 Å². The molecule has 0 radical (unpaired) electrons. The Balaban J connectivity index is 1.33. The maximum Gasteiger partial charge on any atom is 0.224 e. The van der Waals surface area contributed by atoms with Crippen molar-refractivity contribution >= 4 is 22.9 Å². The van der Waals surface area contributed by atoms with Crippen LogP contribution in [0.1, 0.15) is 55.1 Å². The summed E-state index contributed by atoms with van der Waals surface area (Å²) in [5, 5.41) is 23.6. The Morgan fingerprint density at radius 1 is 0.850 bits per heavy atom. The Morgan fingerprint density at radius 2 is 1.48 bits per heavy atom. The molecule has 4 N–H and O–H groups in total. The number of hydrogen-bond donors (Lipinski definition) is 3. The molecule has 0 unspecified atom stereocenters. The number of nitrogens with two attached hydrogens (primary N) is 1. The number of hydrogen-bond acceptors (Lipinski definition) is 8. The predicted octanol–water partition coefficient (Wildman–Crippen LogP) is 5.15. The lowest BCUT2D eigenvalue weighted by molar-refractivity contribution is 0.260. The van der Waals surface area contributed by atoms with Crippen molar-refractivity contribution in [3.63, 3.8) is 0 Å². The van der Waals surface area contributed by atoms with E-state index in [-0.39, 0.29) is 24.4 Å². The van der Waals surface area contributed by atoms with Gasteiger partial charge in [-0.15, -0.1) is 10.2 Å². The topological polar surface area (TPSA) is 128 Å². The summed E-state index contributed by atoms with van der Waals surface area (Å²) in [6.07, 6.45) is 7.30. The maximum absolute atomic E-state index is 10.6. The van der Waals surface area contributed by atoms with Crippen LogP contribution in [0, 0.1) is 0 Å². The first kappa shape index (κ1) is 24.7. The zero-order valence-electron chi connectivity index (χ0n) is 22.2. The van der Waals surface area contributed by atoms with Crippen LogP contribution in [-0.2, 0) is 6.54 Å². The first-order valence-corrected chi connectivity index (χ1v) is 14.1. The summed E-state index contributed by atoms with van der Waals surface area (Å²) in [6, 6.07) is 20.7. The number of aliphatic hydroxyl groups is 1. The number of nitrogen functional groups attached to an aromatic ring is 1. The van der Waals surface area contributed by atoms with E-state index in [2.05, 4.69) is 44.1 Å². The highest BCUT2D eigenvalue weighted by Crippen LogP contribution is 2.49. The molecule has 0 saturated heterocycles. The minimum atomic E-state index is -0.0535. The van der Waals surface area contributed by atoms with Gasteiger partial charge in [0, 0.05) is 35.5 Å². The number of benzene rings is 2. The van der Waals surface area contributed by atoms with Crippen LogP contribution in [0.15, 0.2) is 67.0 Å². The lowest BCUT2D eigenvalue weighted by atomic mass is 9.93. The van der Waals surface area contributed by atoms with Crippen molar-refractivity contribution in [3.8, 4) is 22.5 Å². The van der Waals surface area contributed by atoms with E-state index in [4.69, 9.17) is 20.9 Å². The third kappa shape index (κ3) is 4.36. The van der Waals surface area contributed by atoms with E-state index in [9.17, 15) is 5.11 Å². The molecule has 9 heteroatoms. The summed E-state index contributed by atoms with van der Waals surface area (Å²) in [4.78, 5) is 13.8. The normalized spacial score (nSPS) is 18.8. The van der Waals surface area contributed by atoms with E-state index in [1.807, 2.05) is 42.7 Å². The molecule has 202 valence electrons. The maximum atomic E-state index is 10.6. The Morgan fingerprint density at radius 3 is 2.10 bits per heavy atom. The monoisotopic (exact) mass is 532 g/mol. The van der Waals surface area contributed by atoms with Crippen LogP contribution in [0.3, 0.4) is 0 Å². The summed E-state index contributed by atoms with van der Waals surface area (Å²) in [6.45, 7) is 0.664. The van der Waals surface area contributed by atoms with E-state index >= 15 is 0 Å². The summed E-state index contributed by atoms with van der Waals surface area (Å²) >= 11 is 0. The second-order valence-electron chi connectivity index (χ2n) is 10.9. The van der Waals surface area contributed by atoms with Crippen LogP contribution in [0.25, 0.3) is 33.7 Å². The molecule has 2 atom stereocenters. The molecule has 7 rings (SSSR count). The standard InChI is InChI=1S/C31H32N8O/c32-31-35-29(34-23-13-7-8-14-23)28-30(36-31)39(18-33-28)16-21-15-22(17-40)25-24(21)26(19-9-3-1-4-10-19)37-38-27(25)20-11-5-2-6-12-20/h1-6,9-12,18,21-23,40H,7-8,13-17H2,(H3,32,34,35,36)/t21-,22+/m0/s1. The van der Waals surface area contributed by atoms with E-state index < -0.39 is 0 Å². The second-order valence-corrected chi connectivity index (χ2v) is 10.9. The van der Waals surface area contributed by atoms with Crippen molar-refractivity contribution in [2.45, 2.75) is 56.5 Å². The third-order valence-corrected chi connectivity index (χ3v) is 8.35. The Bertz CT molecular complexity index is 1650. The molecule has 40 heavy (non-hydrogen) atoms. The molecule has 2 aliphatic rings. The van der Waals surface area contributed by atoms with Gasteiger partial charge in [0.15, 0.2) is 17.0 Å². The summed E-state index contributed by atoms with van der Waals surface area (Å²) < 4.78 is 2.07. The van der Waals surface area contributed by atoms with Crippen LogP contribution >= 0.6 is 0 Å². The van der Waals surface area contributed by atoms with Gasteiger partial charge in [-0.25, -0.2) is 4.98 Å². The van der Waals surface area contributed by atoms with Crippen LogP contribution in [0.2, 0.25) is 0 Å². The van der Waals surface area contributed by atoms with Gasteiger partial charge in [0.25, 0.3) is 0 Å². The number of nitrogens with zero attached hydrogens (tertiary/aromatic N) is 6. The fourth-order valence-corrected chi connectivity index (χ4v) is 6.51. The number of anilines is 2. The molecule has 0 amide bonds. The average molecular weight is 533 g/mol. The van der Waals surface area contributed by atoms with E-state index in [1.54, 1.807) is 0 Å². The van der Waals surface area contributed by atoms with Crippen LogP contribution in [-0.4, -0.2) is 47.5 Å². The van der Waals surface area contributed by atoms with E-state index in [0.717, 1.165) is 58.4 Å². The van der Waals surface area contributed by atoms with Gasteiger partial charge in [-0.1, -0.05) is 73.5 Å². The number of imidazole rings is 1. The van der Waals surface area contributed by atoms with Crippen molar-refractivity contribution in [1.82, 2.24) is 29.7 Å². The smallest absolute Gasteiger partial charge is 0.224 e. The first-order chi connectivity index (χ1) is 19.7. The minimum absolute atomic E-state index is 0.0402. The summed E-state index contributed by atoms with van der Waals surface area (Å²) in [7, 11) is 0. The molecule has 3 heterocycles. The zero-order chi connectivity index (χ0) is 27.1. The Kier molecular flexibility index (Phi) is 6.36. The van der Waals surface area contributed by atoms with Crippen molar-refractivity contribution < 1.29 is 5.11 Å². The van der Waals surface area contributed by atoms with Gasteiger partial charge in [-0.3, -0.25) is 0 Å². The minimum Gasteiger partial charge on any atom is -0.396 e. The van der Waals surface area contributed by atoms with Gasteiger partial charge >= 0.3 is 0 Å². The predicted molar refractivity (Wildman–Crippen MR) is 156 cm³/mol. The van der Waals surface area contributed by atoms with Gasteiger partial charge in [0.05, 0.1) is 24.3 Å². The molecule has 0 bridgehead atoms. The number of aromatic nitrogens is 6. The van der Waals surface area contributed by atoms with Gasteiger partial charge in [0.1, 0.15) is 0 Å². The highest BCUT2D eigenvalue weighted by atomic mass is 16.3. The molecule has 0 aliphatic heterocycles. The van der Waals surface area contributed by atoms with Gasteiger partial charge < -0.3 is 20.7 Å². The average Bonchev–Trinajstić information content (AvgIpc) is 3.74. The molecule has 1 saturated carbocycles. The first-order valence-electron chi connectivity index (χ1n) is 14.1. The van der Waals surface area contributed by atoms with Crippen molar-refractivity contribution in [2.24, 2.45) is 0 Å². The third-order valence-electron chi connectivity index (χ3n) is 8.35. The molecule has 9 nitrogen and oxygen atoms in total. The molecule has 2 aliphatic carbocycles. The Labute approximate surface area is 232 Å². The van der Waals surface area contributed by atoms with Gasteiger partial charge in [-0.05, 0) is 30.4 Å². The van der Waals surface area contributed by atoms with Crippen LogP contribution in [0.5, 0.6) is 0 Å². The SMILES string of the molecule is Nc1nc(NC2CCCC2)c2ncn(C[C@@H]3C[C@H](CO)c4c(-c5ccccc5)nnc(-c5ccccc5)c43)c2n1. The van der Waals surface area contributed by atoms with Crippen molar-refractivity contribution in [2.75, 3.05) is 17.7 Å². The fraction of sp³-hybridized carbons (Fsp3) is 0.323. The number of fused-ring (bicyclic) bond motifs is 2. The zero-order valence-corrected chi connectivity index (χ0v) is 22.2. The largest absolute Gasteiger partial charge is 0.396 e. The molecular formula is C31H32N8O. The molecule has 3 aromatic heterocycles. The number of nitrogens with one attached hydrogen (secondary N) is 1. The molecule has 1 fully saturated rings. The molecule has 5 aromatic rings. The van der Waals surface area contributed by atoms with Crippen molar-refractivity contribution in [3.05, 3.63) is 78.1 Å². The number of rotatable bonds is 7. The van der Waals surface area contributed by atoms with Gasteiger partial charge in [-0.2, -0.15) is 9.97 Å². The molecule has 2 aromatic carbocycles. The van der Waals surface area contributed by atoms with E-state index in [1.165, 1.54) is 12.8 Å². The summed E-state index contributed by atoms with van der Waals surface area (Å²) in [5.74, 6) is 0.954. The highest BCUT2D eigenvalue weighted by Gasteiger charge is 2.37. The lowest BCUT2D eigenvalue weighted by Gasteiger charge is -2.18. The Hall–Kier alpha value is -4.37. The second kappa shape index (κ2) is 10.3. The highest BCUT2D eigenvalue weighted by molar-refractivity contribution is 5.84. The van der Waals surface area contributed by atoms with Crippen LogP contribution < -0.4 is 11.1 Å². The molecule has 0 spiro atoms. The number of aliphatic hydroxyl groups excluding tert-OH is 1. The van der Waals surface area contributed by atoms with Crippen LogP contribution in [0.4, 0.5) is 11.8 Å². The van der Waals surface area contributed by atoms with Crippen molar-refractivity contribution in [1.29, 1.82) is 0 Å². The van der Waals surface area contributed by atoms with E-state index in [0.29, 0.717) is 24.1 Å². The molecular weight excluding hydrogens is 500 g/mol. The summed E-state index contributed by atoms with van der Waals surface area (Å²) in [5.41, 5.74) is 13.6. The fourth-order valence-electron chi connectivity index (χ4n) is 6.51. The quantitative estimate of drug-likeness (QED) is 0.263.